The normalized spacial score (nSPS) is 19.5. The average molecular weight is 269 g/mol. The van der Waals surface area contributed by atoms with E-state index in [-0.39, 0.29) is 0 Å². The van der Waals surface area contributed by atoms with Gasteiger partial charge in [-0.3, -0.25) is 0 Å². The molecule has 0 saturated heterocycles. The minimum absolute atomic E-state index is 0.858. The van der Waals surface area contributed by atoms with Crippen molar-refractivity contribution in [1.82, 2.24) is 0 Å². The second-order valence-corrected chi connectivity index (χ2v) is 2.83. The van der Waals surface area contributed by atoms with E-state index >= 15 is 0 Å². The fraction of sp³-hybridized carbons (Fsp3) is 0.667. The van der Waals surface area contributed by atoms with Crippen LogP contribution in [-0.4, -0.2) is 0 Å². The van der Waals surface area contributed by atoms with Crippen molar-refractivity contribution in [1.29, 1.82) is 0 Å². The van der Waals surface area contributed by atoms with Crippen LogP contribution >= 0.6 is 13.6 Å². The van der Waals surface area contributed by atoms with Gasteiger partial charge in [-0.05, 0) is 0 Å². The third-order valence-electron chi connectivity index (χ3n) is 2.06. The van der Waals surface area contributed by atoms with E-state index in [0.717, 1.165) is 5.92 Å². The van der Waals surface area contributed by atoms with E-state index in [9.17, 15) is 0 Å². The molecule has 2 heteroatoms. The molecule has 0 atom stereocenters. The fourth-order valence-electron chi connectivity index (χ4n) is 1.52. The molecule has 11 heavy (non-hydrogen) atoms. The molecule has 0 N–H and O–H groups in total. The number of halogens is 1. The molecule has 60 valence electrons. The van der Waals surface area contributed by atoms with Gasteiger partial charge >= 0.3 is 30.0 Å². The molecule has 1 aliphatic rings. The molecule has 0 aromatic rings. The van der Waals surface area contributed by atoms with E-state index in [2.05, 4.69) is 26.6 Å². The van der Waals surface area contributed by atoms with Gasteiger partial charge in [0.05, 0.1) is 0 Å². The first-order valence-corrected chi connectivity index (χ1v) is 11.1. The monoisotopic (exact) mass is 266 g/mol. The van der Waals surface area contributed by atoms with E-state index in [1.807, 2.05) is 6.08 Å². The molecule has 0 radical (unpaired) electrons. The topological polar surface area (TPSA) is 0 Å². The zero-order chi connectivity index (χ0) is 8.53. The molecule has 0 amide bonds. The van der Waals surface area contributed by atoms with Crippen LogP contribution in [0.2, 0.25) is 0 Å². The molecule has 0 aliphatic heterocycles. The molecule has 0 bridgehead atoms. The first-order chi connectivity index (χ1) is 5.43. The molecule has 0 nitrogen and oxygen atoms in total. The number of hydrogen-bond donors (Lipinski definition) is 0. The molecule has 0 unspecified atom stereocenters. The summed E-state index contributed by atoms with van der Waals surface area (Å²) in [5, 5.41) is 0. The third kappa shape index (κ3) is 5.93. The standard InChI is InChI=1S/C9H15.BrH.Zn/c1-2-6-9-7-4-3-5-8-9;;/h2,6,9H,1,3-5,7-8H2;1H;/q-1;;+2/p-1/b6-2+;;. The van der Waals surface area contributed by atoms with Gasteiger partial charge in [0.2, 0.25) is 0 Å². The Hall–Kier alpha value is 0.713. The number of rotatable bonds is 1. The van der Waals surface area contributed by atoms with E-state index < -0.39 is 0 Å². The first-order valence-electron chi connectivity index (χ1n) is 4.16. The molecular formula is C9H15BrZn. The van der Waals surface area contributed by atoms with E-state index in [0.29, 0.717) is 0 Å². The summed E-state index contributed by atoms with van der Waals surface area (Å²) in [5.41, 5.74) is 0. The van der Waals surface area contributed by atoms with Crippen LogP contribution in [0.4, 0.5) is 0 Å². The van der Waals surface area contributed by atoms with Crippen molar-refractivity contribution < 1.29 is 16.3 Å². The van der Waals surface area contributed by atoms with Gasteiger partial charge in [-0.2, -0.15) is 0 Å². The Kier molecular flexibility index (Phi) is 9.38. The van der Waals surface area contributed by atoms with Gasteiger partial charge in [-0.1, -0.05) is 38.0 Å². The second kappa shape index (κ2) is 8.81. The summed E-state index contributed by atoms with van der Waals surface area (Å²) in [7, 11) is 0. The Morgan fingerprint density at radius 3 is 2.18 bits per heavy atom. The molecule has 1 saturated carbocycles. The van der Waals surface area contributed by atoms with Gasteiger partial charge in [0.15, 0.2) is 0 Å². The molecule has 0 spiro atoms. The fourth-order valence-corrected chi connectivity index (χ4v) is 1.52. The van der Waals surface area contributed by atoms with Gasteiger partial charge in [0.25, 0.3) is 0 Å². The van der Waals surface area contributed by atoms with Crippen molar-refractivity contribution >= 4 is 13.6 Å². The summed E-state index contributed by atoms with van der Waals surface area (Å²) in [5.74, 6) is 0.858. The summed E-state index contributed by atoms with van der Waals surface area (Å²) >= 11 is 4.25. The molecule has 1 rings (SSSR count). The maximum absolute atomic E-state index is 3.70. The summed E-state index contributed by atoms with van der Waals surface area (Å²) < 4.78 is 0. The van der Waals surface area contributed by atoms with E-state index in [1.54, 1.807) is 0 Å². The number of hydrogen-bond acceptors (Lipinski definition) is 0. The SMILES string of the molecule is [CH2-]/C=C/C1CCCCC1.[Zn+][Br]. The maximum atomic E-state index is 3.70. The zero-order valence-corrected chi connectivity index (χ0v) is 11.6. The first kappa shape index (κ1) is 11.7. The van der Waals surface area contributed by atoms with E-state index in [1.165, 1.54) is 48.4 Å². The van der Waals surface area contributed by atoms with Gasteiger partial charge < -0.3 is 0 Å². The Bertz CT molecular complexity index is 95.7. The van der Waals surface area contributed by atoms with Crippen LogP contribution in [0.25, 0.3) is 0 Å². The van der Waals surface area contributed by atoms with Crippen LogP contribution < -0.4 is 0 Å². The second-order valence-electron chi connectivity index (χ2n) is 2.83. The Morgan fingerprint density at radius 2 is 1.73 bits per heavy atom. The summed E-state index contributed by atoms with van der Waals surface area (Å²) in [6.07, 6.45) is 11.3. The predicted molar refractivity (Wildman–Crippen MR) is 50.0 cm³/mol. The van der Waals surface area contributed by atoms with Crippen molar-refractivity contribution in [3.8, 4) is 0 Å². The van der Waals surface area contributed by atoms with Crippen molar-refractivity contribution in [2.24, 2.45) is 5.92 Å². The third-order valence-corrected chi connectivity index (χ3v) is 2.06. The van der Waals surface area contributed by atoms with Crippen molar-refractivity contribution in [3.05, 3.63) is 19.1 Å². The summed E-state index contributed by atoms with van der Waals surface area (Å²) in [6.45, 7) is 3.70. The Labute approximate surface area is 86.9 Å². The van der Waals surface area contributed by atoms with Gasteiger partial charge in [0, 0.05) is 0 Å². The predicted octanol–water partition coefficient (Wildman–Crippen LogP) is 3.80. The molecule has 0 aromatic heterocycles. The minimum atomic E-state index is 0.858. The average Bonchev–Trinajstić information content (AvgIpc) is 2.11. The Balaban J connectivity index is 0.000000461. The Morgan fingerprint density at radius 1 is 1.18 bits per heavy atom. The van der Waals surface area contributed by atoms with Crippen LogP contribution in [0.1, 0.15) is 32.1 Å². The summed E-state index contributed by atoms with van der Waals surface area (Å²) in [4.78, 5) is 0. The molecule has 0 heterocycles. The van der Waals surface area contributed by atoms with Crippen LogP contribution in [-0.2, 0) is 16.3 Å². The van der Waals surface area contributed by atoms with Crippen molar-refractivity contribution in [3.63, 3.8) is 0 Å². The van der Waals surface area contributed by atoms with E-state index in [4.69, 9.17) is 0 Å². The molecular weight excluding hydrogens is 253 g/mol. The van der Waals surface area contributed by atoms with Crippen LogP contribution in [0.3, 0.4) is 0 Å². The quantitative estimate of drug-likeness (QED) is 0.501. The molecule has 1 aliphatic carbocycles. The summed E-state index contributed by atoms with van der Waals surface area (Å²) in [6, 6.07) is 0. The van der Waals surface area contributed by atoms with Crippen LogP contribution in [0.15, 0.2) is 12.2 Å². The van der Waals surface area contributed by atoms with Crippen molar-refractivity contribution in [2.75, 3.05) is 0 Å². The molecule has 1 fully saturated rings. The van der Waals surface area contributed by atoms with Gasteiger partial charge in [-0.15, -0.1) is 0 Å². The molecule has 0 aromatic carbocycles. The van der Waals surface area contributed by atoms with Gasteiger partial charge in [-0.25, -0.2) is 19.1 Å². The number of allylic oxidation sites excluding steroid dienone is 2. The van der Waals surface area contributed by atoms with Gasteiger partial charge in [0.1, 0.15) is 0 Å². The van der Waals surface area contributed by atoms with Crippen molar-refractivity contribution in [2.45, 2.75) is 32.1 Å². The van der Waals surface area contributed by atoms with Crippen LogP contribution in [0.5, 0.6) is 0 Å². The van der Waals surface area contributed by atoms with Crippen LogP contribution in [0, 0.1) is 12.8 Å². The zero-order valence-electron chi connectivity index (χ0n) is 7.06.